The number of aliphatic hydroxyl groups is 3. The molecular formula is C9H13NO5. The van der Waals surface area contributed by atoms with E-state index in [1.165, 1.54) is 6.92 Å². The van der Waals surface area contributed by atoms with Gasteiger partial charge in [0.2, 0.25) is 5.91 Å². The summed E-state index contributed by atoms with van der Waals surface area (Å²) < 4.78 is 5.06. The number of aliphatic hydroxyl groups excluding tert-OH is 3. The van der Waals surface area contributed by atoms with Crippen LogP contribution in [0.15, 0.2) is 0 Å². The van der Waals surface area contributed by atoms with Gasteiger partial charge in [0.25, 0.3) is 0 Å². The van der Waals surface area contributed by atoms with E-state index in [0.717, 1.165) is 0 Å². The fraction of sp³-hybridized carbons (Fsp3) is 0.667. The molecule has 15 heavy (non-hydrogen) atoms. The van der Waals surface area contributed by atoms with E-state index in [1.54, 1.807) is 6.11 Å². The maximum absolute atomic E-state index is 10.7. The van der Waals surface area contributed by atoms with Gasteiger partial charge < -0.3 is 25.4 Å². The van der Waals surface area contributed by atoms with Gasteiger partial charge in [-0.15, -0.1) is 0 Å². The van der Waals surface area contributed by atoms with Crippen molar-refractivity contribution < 1.29 is 24.9 Å². The van der Waals surface area contributed by atoms with Crippen molar-refractivity contribution >= 4 is 5.91 Å². The van der Waals surface area contributed by atoms with Crippen molar-refractivity contribution in [3.8, 4) is 12.0 Å². The minimum absolute atomic E-state index is 0.0388. The van der Waals surface area contributed by atoms with E-state index >= 15 is 0 Å². The Morgan fingerprint density at radius 1 is 1.47 bits per heavy atom. The highest BCUT2D eigenvalue weighted by Crippen LogP contribution is 2.14. The van der Waals surface area contributed by atoms with Gasteiger partial charge in [-0.25, -0.2) is 0 Å². The third kappa shape index (κ3) is 2.83. The fourth-order valence-electron chi connectivity index (χ4n) is 1.40. The summed E-state index contributed by atoms with van der Waals surface area (Å²) in [7, 11) is 0. The zero-order valence-electron chi connectivity index (χ0n) is 8.17. The van der Waals surface area contributed by atoms with Crippen molar-refractivity contribution in [2.24, 2.45) is 0 Å². The molecule has 4 atom stereocenters. The second-order valence-electron chi connectivity index (χ2n) is 3.30. The number of hydrogen-bond donors (Lipinski definition) is 4. The van der Waals surface area contributed by atoms with Crippen molar-refractivity contribution in [3.63, 3.8) is 0 Å². The van der Waals surface area contributed by atoms with Crippen LogP contribution in [0.4, 0.5) is 0 Å². The lowest BCUT2D eigenvalue weighted by Gasteiger charge is -2.35. The monoisotopic (exact) mass is 215 g/mol. The molecule has 0 aromatic rings. The van der Waals surface area contributed by atoms with Crippen LogP contribution >= 0.6 is 0 Å². The first-order valence-corrected chi connectivity index (χ1v) is 4.45. The molecule has 1 rings (SSSR count). The molecule has 1 heterocycles. The van der Waals surface area contributed by atoms with Crippen LogP contribution in [0.2, 0.25) is 0 Å². The number of carbonyl (C=O) groups excluding carboxylic acids is 1. The number of amides is 1. The maximum atomic E-state index is 10.7. The molecular weight excluding hydrogens is 202 g/mol. The molecule has 0 aromatic heterocycles. The molecule has 0 bridgehead atoms. The molecule has 0 aromatic carbocycles. The fourth-order valence-corrected chi connectivity index (χ4v) is 1.40. The van der Waals surface area contributed by atoms with Crippen LogP contribution in [-0.2, 0) is 9.53 Å². The van der Waals surface area contributed by atoms with E-state index < -0.39 is 24.4 Å². The molecule has 0 aliphatic carbocycles. The number of nitrogens with one attached hydrogen (secondary N) is 1. The molecule has 6 heteroatoms. The van der Waals surface area contributed by atoms with Gasteiger partial charge >= 0.3 is 0 Å². The van der Waals surface area contributed by atoms with Crippen LogP contribution in [0, 0.1) is 12.0 Å². The Bertz CT molecular complexity index is 295. The summed E-state index contributed by atoms with van der Waals surface area (Å²) in [5, 5.41) is 29.9. The van der Waals surface area contributed by atoms with Gasteiger partial charge in [-0.1, -0.05) is 0 Å². The molecule has 6 nitrogen and oxygen atoms in total. The second-order valence-corrected chi connectivity index (χ2v) is 3.30. The molecule has 1 amide bonds. The van der Waals surface area contributed by atoms with Crippen molar-refractivity contribution in [2.75, 3.05) is 6.61 Å². The molecule has 0 radical (unpaired) electrons. The SMILES string of the molecule is CC(=O)N[C@H]1COC(C#CO)[C@H](O)[C@@H]1O. The highest BCUT2D eigenvalue weighted by molar-refractivity contribution is 5.73. The summed E-state index contributed by atoms with van der Waals surface area (Å²) in [6.07, 6.45) is -1.74. The van der Waals surface area contributed by atoms with Crippen molar-refractivity contribution in [2.45, 2.75) is 31.3 Å². The summed E-state index contributed by atoms with van der Waals surface area (Å²) in [6, 6.07) is -0.658. The minimum atomic E-state index is -1.25. The van der Waals surface area contributed by atoms with Gasteiger partial charge in [0.1, 0.15) is 24.4 Å². The average molecular weight is 215 g/mol. The molecule has 0 saturated carbocycles. The van der Waals surface area contributed by atoms with Crippen LogP contribution in [0.5, 0.6) is 0 Å². The van der Waals surface area contributed by atoms with Gasteiger partial charge in [0.15, 0.2) is 0 Å². The van der Waals surface area contributed by atoms with Gasteiger partial charge in [-0.05, 0) is 5.92 Å². The predicted molar refractivity (Wildman–Crippen MR) is 49.1 cm³/mol. The van der Waals surface area contributed by atoms with Gasteiger partial charge in [-0.2, -0.15) is 0 Å². The van der Waals surface area contributed by atoms with Crippen LogP contribution in [0.25, 0.3) is 0 Å². The van der Waals surface area contributed by atoms with Gasteiger partial charge in [-0.3, -0.25) is 4.79 Å². The molecule has 1 aliphatic heterocycles. The first-order valence-electron chi connectivity index (χ1n) is 4.45. The smallest absolute Gasteiger partial charge is 0.217 e. The van der Waals surface area contributed by atoms with Crippen molar-refractivity contribution in [3.05, 3.63) is 0 Å². The quantitative estimate of drug-likeness (QED) is 0.377. The Kier molecular flexibility index (Phi) is 3.91. The average Bonchev–Trinajstić information content (AvgIpc) is 2.17. The van der Waals surface area contributed by atoms with E-state index in [4.69, 9.17) is 9.84 Å². The Morgan fingerprint density at radius 2 is 2.13 bits per heavy atom. The highest BCUT2D eigenvalue weighted by atomic mass is 16.5. The molecule has 84 valence electrons. The van der Waals surface area contributed by atoms with Crippen molar-refractivity contribution in [1.29, 1.82) is 0 Å². The first-order chi connectivity index (χ1) is 7.06. The Labute approximate surface area is 86.9 Å². The summed E-state index contributed by atoms with van der Waals surface area (Å²) >= 11 is 0. The molecule has 1 unspecified atom stereocenters. The largest absolute Gasteiger partial charge is 0.462 e. The molecule has 1 saturated heterocycles. The highest BCUT2D eigenvalue weighted by Gasteiger charge is 2.38. The van der Waals surface area contributed by atoms with E-state index in [2.05, 4.69) is 11.2 Å². The lowest BCUT2D eigenvalue weighted by molar-refractivity contribution is -0.140. The Hall–Kier alpha value is -1.29. The Morgan fingerprint density at radius 3 is 2.67 bits per heavy atom. The predicted octanol–water partition coefficient (Wildman–Crippen LogP) is -2.05. The number of hydrogen-bond acceptors (Lipinski definition) is 5. The number of rotatable bonds is 1. The molecule has 1 aliphatic rings. The molecule has 1 fully saturated rings. The third-order valence-electron chi connectivity index (χ3n) is 2.12. The van der Waals surface area contributed by atoms with Crippen LogP contribution in [0.3, 0.4) is 0 Å². The van der Waals surface area contributed by atoms with E-state index in [0.29, 0.717) is 0 Å². The first kappa shape index (κ1) is 11.8. The summed E-state index contributed by atoms with van der Waals surface area (Å²) in [6.45, 7) is 1.34. The lowest BCUT2D eigenvalue weighted by Crippen LogP contribution is -2.58. The molecule has 0 spiro atoms. The number of carbonyl (C=O) groups is 1. The third-order valence-corrected chi connectivity index (χ3v) is 2.12. The van der Waals surface area contributed by atoms with Crippen molar-refractivity contribution in [1.82, 2.24) is 5.32 Å². The number of ether oxygens (including phenoxy) is 1. The summed E-state index contributed by atoms with van der Waals surface area (Å²) in [5.74, 6) is 1.88. The topological polar surface area (TPSA) is 99.0 Å². The van der Waals surface area contributed by atoms with Crippen LogP contribution in [0.1, 0.15) is 6.92 Å². The lowest BCUT2D eigenvalue weighted by atomic mass is 9.98. The minimum Gasteiger partial charge on any atom is -0.462 e. The molecule has 4 N–H and O–H groups in total. The maximum Gasteiger partial charge on any atom is 0.217 e. The van der Waals surface area contributed by atoms with E-state index in [-0.39, 0.29) is 12.5 Å². The Balaban J connectivity index is 2.62. The zero-order valence-corrected chi connectivity index (χ0v) is 8.17. The second kappa shape index (κ2) is 4.98. The van der Waals surface area contributed by atoms with Gasteiger partial charge in [0.05, 0.1) is 12.6 Å². The summed E-state index contributed by atoms with van der Waals surface area (Å²) in [4.78, 5) is 10.7. The zero-order chi connectivity index (χ0) is 11.4. The van der Waals surface area contributed by atoms with E-state index in [1.807, 2.05) is 0 Å². The normalized spacial score (nSPS) is 35.1. The van der Waals surface area contributed by atoms with Gasteiger partial charge in [0, 0.05) is 6.92 Å². The van der Waals surface area contributed by atoms with Crippen LogP contribution in [-0.4, -0.2) is 52.2 Å². The van der Waals surface area contributed by atoms with Crippen LogP contribution < -0.4 is 5.32 Å². The standard InChI is InChI=1S/C9H13NO5/c1-5(12)10-6-4-15-7(2-3-11)9(14)8(6)13/h6-9,11,13-14H,4H2,1H3,(H,10,12)/t6-,7?,8+,9-/m0/s1. The summed E-state index contributed by atoms with van der Waals surface area (Å²) in [5.41, 5.74) is 0. The van der Waals surface area contributed by atoms with E-state index in [9.17, 15) is 15.0 Å².